The van der Waals surface area contributed by atoms with Gasteiger partial charge in [-0.3, -0.25) is 0 Å². The molecular weight excluding hydrogens is 321 g/mol. The number of likely N-dealkylation sites (N-methyl/N-ethyl adjacent to an activating group) is 1. The van der Waals surface area contributed by atoms with Crippen molar-refractivity contribution in [3.8, 4) is 11.5 Å². The zero-order chi connectivity index (χ0) is 16.4. The smallest absolute Gasteiger partial charge is 0.245 e. The molecule has 7 heteroatoms. The highest BCUT2D eigenvalue weighted by atomic mass is 32.2. The van der Waals surface area contributed by atoms with Gasteiger partial charge in [-0.2, -0.15) is 4.31 Å². The molecular formula is C16H16FNO4S. The molecule has 1 heterocycles. The lowest BCUT2D eigenvalue weighted by Crippen LogP contribution is -2.41. The molecule has 122 valence electrons. The SMILES string of the molecule is CN(C[C@H]1COc2ccccc2O1)S(=O)(=O)c1ccccc1F. The van der Waals surface area contributed by atoms with E-state index in [-0.39, 0.29) is 18.0 Å². The molecule has 1 aliphatic rings. The highest BCUT2D eigenvalue weighted by Gasteiger charge is 2.29. The first kappa shape index (κ1) is 15.8. The molecule has 0 amide bonds. The van der Waals surface area contributed by atoms with E-state index < -0.39 is 21.9 Å². The summed E-state index contributed by atoms with van der Waals surface area (Å²) in [5.41, 5.74) is 0. The lowest BCUT2D eigenvalue weighted by atomic mass is 10.2. The summed E-state index contributed by atoms with van der Waals surface area (Å²) >= 11 is 0. The van der Waals surface area contributed by atoms with Crippen LogP contribution in [0.3, 0.4) is 0 Å². The van der Waals surface area contributed by atoms with Crippen molar-refractivity contribution in [2.75, 3.05) is 20.2 Å². The molecule has 5 nitrogen and oxygen atoms in total. The molecule has 0 aromatic heterocycles. The maximum absolute atomic E-state index is 13.8. The van der Waals surface area contributed by atoms with Gasteiger partial charge in [-0.1, -0.05) is 24.3 Å². The van der Waals surface area contributed by atoms with Crippen molar-refractivity contribution in [1.29, 1.82) is 0 Å². The third-order valence-corrected chi connectivity index (χ3v) is 5.41. The Labute approximate surface area is 134 Å². The predicted octanol–water partition coefficient (Wildman–Crippen LogP) is 2.29. The van der Waals surface area contributed by atoms with Crippen LogP contribution in [0, 0.1) is 5.82 Å². The normalized spacial score (nSPS) is 17.3. The van der Waals surface area contributed by atoms with Gasteiger partial charge >= 0.3 is 0 Å². The van der Waals surface area contributed by atoms with Crippen LogP contribution in [0.4, 0.5) is 4.39 Å². The van der Waals surface area contributed by atoms with Crippen molar-refractivity contribution in [2.24, 2.45) is 0 Å². The highest BCUT2D eigenvalue weighted by molar-refractivity contribution is 7.89. The Kier molecular flexibility index (Phi) is 4.23. The summed E-state index contributed by atoms with van der Waals surface area (Å²) < 4.78 is 51.1. The number of rotatable bonds is 4. The van der Waals surface area contributed by atoms with Crippen molar-refractivity contribution in [3.63, 3.8) is 0 Å². The average Bonchev–Trinajstić information content (AvgIpc) is 2.55. The Morgan fingerprint density at radius 1 is 1.13 bits per heavy atom. The van der Waals surface area contributed by atoms with Crippen molar-refractivity contribution in [3.05, 3.63) is 54.3 Å². The van der Waals surface area contributed by atoms with E-state index >= 15 is 0 Å². The minimum atomic E-state index is -3.92. The Hall–Kier alpha value is -2.12. The minimum Gasteiger partial charge on any atom is -0.486 e. The highest BCUT2D eigenvalue weighted by Crippen LogP contribution is 2.31. The molecule has 0 N–H and O–H groups in total. The molecule has 0 saturated carbocycles. The number of hydrogen-bond acceptors (Lipinski definition) is 4. The van der Waals surface area contributed by atoms with Crippen LogP contribution in [-0.4, -0.2) is 39.0 Å². The van der Waals surface area contributed by atoms with Gasteiger partial charge in [-0.05, 0) is 24.3 Å². The molecule has 0 bridgehead atoms. The van der Waals surface area contributed by atoms with Gasteiger partial charge in [-0.15, -0.1) is 0 Å². The maximum atomic E-state index is 13.8. The first-order valence-corrected chi connectivity index (χ1v) is 8.52. The molecule has 0 radical (unpaired) electrons. The van der Waals surface area contributed by atoms with Gasteiger partial charge in [0.25, 0.3) is 0 Å². The van der Waals surface area contributed by atoms with Crippen molar-refractivity contribution in [2.45, 2.75) is 11.0 Å². The van der Waals surface area contributed by atoms with Crippen LogP contribution < -0.4 is 9.47 Å². The van der Waals surface area contributed by atoms with Crippen LogP contribution >= 0.6 is 0 Å². The van der Waals surface area contributed by atoms with E-state index in [1.54, 1.807) is 12.1 Å². The molecule has 0 fully saturated rings. The van der Waals surface area contributed by atoms with Crippen LogP contribution in [0.2, 0.25) is 0 Å². The minimum absolute atomic E-state index is 0.0605. The number of para-hydroxylation sites is 2. The molecule has 1 atom stereocenters. The lowest BCUT2D eigenvalue weighted by molar-refractivity contribution is 0.0798. The summed E-state index contributed by atoms with van der Waals surface area (Å²) in [6.07, 6.45) is -0.462. The summed E-state index contributed by atoms with van der Waals surface area (Å²) in [5, 5.41) is 0. The van der Waals surface area contributed by atoms with Crippen molar-refractivity contribution >= 4 is 10.0 Å². The molecule has 0 aliphatic carbocycles. The molecule has 3 rings (SSSR count). The van der Waals surface area contributed by atoms with Gasteiger partial charge in [0.1, 0.15) is 23.4 Å². The fourth-order valence-electron chi connectivity index (χ4n) is 2.36. The summed E-state index contributed by atoms with van der Waals surface area (Å²) in [7, 11) is -2.53. The second-order valence-electron chi connectivity index (χ2n) is 5.21. The predicted molar refractivity (Wildman–Crippen MR) is 82.6 cm³/mol. The van der Waals surface area contributed by atoms with Gasteiger partial charge < -0.3 is 9.47 Å². The van der Waals surface area contributed by atoms with E-state index in [2.05, 4.69) is 0 Å². The third-order valence-electron chi connectivity index (χ3n) is 3.55. The van der Waals surface area contributed by atoms with E-state index in [1.165, 1.54) is 25.2 Å². The zero-order valence-electron chi connectivity index (χ0n) is 12.5. The van der Waals surface area contributed by atoms with Crippen LogP contribution in [0.25, 0.3) is 0 Å². The average molecular weight is 337 g/mol. The number of fused-ring (bicyclic) bond motifs is 1. The Bertz CT molecular complexity index is 809. The fourth-order valence-corrected chi connectivity index (χ4v) is 3.62. The standard InChI is InChI=1S/C16H16FNO4S/c1-18(23(19,20)16-9-5-2-6-13(16)17)10-12-11-21-14-7-3-4-8-15(14)22-12/h2-9,12H,10-11H2,1H3/t12-/m0/s1. The van der Waals surface area contributed by atoms with E-state index in [9.17, 15) is 12.8 Å². The fraction of sp³-hybridized carbons (Fsp3) is 0.250. The monoisotopic (exact) mass is 337 g/mol. The maximum Gasteiger partial charge on any atom is 0.245 e. The number of nitrogens with zero attached hydrogens (tertiary/aromatic N) is 1. The largest absolute Gasteiger partial charge is 0.486 e. The summed E-state index contributed by atoms with van der Waals surface area (Å²) in [6.45, 7) is 0.291. The number of ether oxygens (including phenoxy) is 2. The van der Waals surface area contributed by atoms with Gasteiger partial charge in [0, 0.05) is 7.05 Å². The molecule has 0 saturated heterocycles. The van der Waals surface area contributed by atoms with E-state index in [4.69, 9.17) is 9.47 Å². The first-order valence-electron chi connectivity index (χ1n) is 7.08. The molecule has 0 unspecified atom stereocenters. The number of halogens is 1. The van der Waals surface area contributed by atoms with E-state index in [0.29, 0.717) is 11.5 Å². The topological polar surface area (TPSA) is 55.8 Å². The second kappa shape index (κ2) is 6.17. The molecule has 2 aromatic carbocycles. The number of benzene rings is 2. The molecule has 23 heavy (non-hydrogen) atoms. The van der Waals surface area contributed by atoms with Crippen molar-refractivity contribution in [1.82, 2.24) is 4.31 Å². The summed E-state index contributed by atoms with van der Waals surface area (Å²) in [5.74, 6) is 0.425. The summed E-state index contributed by atoms with van der Waals surface area (Å²) in [6, 6.07) is 12.5. The van der Waals surface area contributed by atoms with E-state index in [1.807, 2.05) is 12.1 Å². The van der Waals surface area contributed by atoms with Gasteiger partial charge in [0.2, 0.25) is 10.0 Å². The Balaban J connectivity index is 1.75. The molecule has 2 aromatic rings. The van der Waals surface area contributed by atoms with Crippen LogP contribution in [-0.2, 0) is 10.0 Å². The number of sulfonamides is 1. The quantitative estimate of drug-likeness (QED) is 0.859. The van der Waals surface area contributed by atoms with Gasteiger partial charge in [0.15, 0.2) is 11.5 Å². The van der Waals surface area contributed by atoms with Gasteiger partial charge in [-0.25, -0.2) is 12.8 Å². The van der Waals surface area contributed by atoms with Gasteiger partial charge in [0.05, 0.1) is 6.54 Å². The molecule has 1 aliphatic heterocycles. The third kappa shape index (κ3) is 3.16. The van der Waals surface area contributed by atoms with Crippen molar-refractivity contribution < 1.29 is 22.3 Å². The molecule has 0 spiro atoms. The number of hydrogen-bond donors (Lipinski definition) is 0. The second-order valence-corrected chi connectivity index (χ2v) is 7.23. The van der Waals surface area contributed by atoms with Crippen LogP contribution in [0.15, 0.2) is 53.4 Å². The van der Waals surface area contributed by atoms with E-state index in [0.717, 1.165) is 10.4 Å². The Morgan fingerprint density at radius 2 is 1.78 bits per heavy atom. The first-order chi connectivity index (χ1) is 11.0. The summed E-state index contributed by atoms with van der Waals surface area (Å²) in [4.78, 5) is -0.348. The zero-order valence-corrected chi connectivity index (χ0v) is 13.3. The lowest BCUT2D eigenvalue weighted by Gasteiger charge is -2.29. The Morgan fingerprint density at radius 3 is 2.52 bits per heavy atom. The van der Waals surface area contributed by atoms with Crippen LogP contribution in [0.5, 0.6) is 11.5 Å². The van der Waals surface area contributed by atoms with Crippen LogP contribution in [0.1, 0.15) is 0 Å².